The molecule has 1 atom stereocenters. The van der Waals surface area contributed by atoms with E-state index in [1.165, 1.54) is 18.4 Å². The van der Waals surface area contributed by atoms with Crippen molar-refractivity contribution in [2.75, 3.05) is 0 Å². The number of H-pyrrole nitrogens is 1. The molecule has 2 N–H and O–H groups in total. The van der Waals surface area contributed by atoms with Crippen LogP contribution in [0.3, 0.4) is 0 Å². The van der Waals surface area contributed by atoms with Crippen LogP contribution in [0.5, 0.6) is 0 Å². The quantitative estimate of drug-likeness (QED) is 0.847. The summed E-state index contributed by atoms with van der Waals surface area (Å²) < 4.78 is 0. The highest BCUT2D eigenvalue weighted by Crippen LogP contribution is 2.26. The largest absolute Gasteiger partial charge is 0.328 e. The summed E-state index contributed by atoms with van der Waals surface area (Å²) in [5.74, 6) is 0. The van der Waals surface area contributed by atoms with E-state index in [0.29, 0.717) is 6.04 Å². The summed E-state index contributed by atoms with van der Waals surface area (Å²) in [5.41, 5.74) is 1.16. The molecule has 88 valence electrons. The molecular weight excluding hydrogens is 212 g/mol. The Hall–Kier alpha value is -1.61. The second-order valence-corrected chi connectivity index (χ2v) is 4.78. The van der Waals surface area contributed by atoms with E-state index < -0.39 is 0 Å². The number of benzene rings is 1. The zero-order valence-electron chi connectivity index (χ0n) is 9.86. The van der Waals surface area contributed by atoms with E-state index in [2.05, 4.69) is 17.2 Å². The predicted octanol–water partition coefficient (Wildman–Crippen LogP) is 2.34. The van der Waals surface area contributed by atoms with Crippen molar-refractivity contribution in [3.8, 4) is 0 Å². The Bertz CT molecular complexity index is 598. The Balaban J connectivity index is 2.09. The van der Waals surface area contributed by atoms with Crippen LogP contribution in [0.4, 0.5) is 0 Å². The van der Waals surface area contributed by atoms with Crippen LogP contribution in [0, 0.1) is 0 Å². The molecule has 17 heavy (non-hydrogen) atoms. The summed E-state index contributed by atoms with van der Waals surface area (Å²) >= 11 is 0. The van der Waals surface area contributed by atoms with Crippen molar-refractivity contribution in [2.45, 2.75) is 31.8 Å². The smallest absolute Gasteiger partial charge is 0.255 e. The molecule has 1 aliphatic rings. The lowest BCUT2D eigenvalue weighted by molar-refractivity contribution is 0.573. The third-order valence-electron chi connectivity index (χ3n) is 3.37. The summed E-state index contributed by atoms with van der Waals surface area (Å²) in [6.07, 6.45) is 4.38. The van der Waals surface area contributed by atoms with Gasteiger partial charge in [0.15, 0.2) is 0 Å². The number of aromatic nitrogens is 1. The molecule has 1 aromatic heterocycles. The number of rotatable bonds is 3. The van der Waals surface area contributed by atoms with Gasteiger partial charge in [-0.2, -0.15) is 0 Å². The highest BCUT2D eigenvalue weighted by molar-refractivity contribution is 5.84. The van der Waals surface area contributed by atoms with E-state index in [1.54, 1.807) is 0 Å². The third kappa shape index (κ3) is 1.98. The lowest BCUT2D eigenvalue weighted by Gasteiger charge is -2.15. The number of nitrogens with one attached hydrogen (secondary N) is 2. The van der Waals surface area contributed by atoms with Crippen molar-refractivity contribution in [3.63, 3.8) is 0 Å². The van der Waals surface area contributed by atoms with Gasteiger partial charge in [-0.25, -0.2) is 0 Å². The summed E-state index contributed by atoms with van der Waals surface area (Å²) in [5, 5.41) is 5.38. The summed E-state index contributed by atoms with van der Waals surface area (Å²) in [6, 6.07) is 8.72. The van der Waals surface area contributed by atoms with Gasteiger partial charge in [-0.1, -0.05) is 18.2 Å². The zero-order valence-corrected chi connectivity index (χ0v) is 9.86. The average molecular weight is 228 g/mol. The SMILES string of the molecule is CC(NC1CC1)c1c[nH]c(=O)c2ccccc12. The maximum atomic E-state index is 11.7. The normalized spacial score (nSPS) is 17.2. The topological polar surface area (TPSA) is 44.9 Å². The zero-order chi connectivity index (χ0) is 11.8. The number of hydrogen-bond donors (Lipinski definition) is 2. The highest BCUT2D eigenvalue weighted by atomic mass is 16.1. The third-order valence-corrected chi connectivity index (χ3v) is 3.37. The molecule has 3 nitrogen and oxygen atoms in total. The second kappa shape index (κ2) is 4.00. The van der Waals surface area contributed by atoms with Crippen LogP contribution < -0.4 is 10.9 Å². The maximum Gasteiger partial charge on any atom is 0.255 e. The Labute approximate surface area is 99.9 Å². The molecule has 3 heteroatoms. The first kappa shape index (κ1) is 10.5. The first-order valence-electron chi connectivity index (χ1n) is 6.12. The Morgan fingerprint density at radius 3 is 2.71 bits per heavy atom. The second-order valence-electron chi connectivity index (χ2n) is 4.78. The minimum atomic E-state index is -0.0111. The number of pyridine rings is 1. The predicted molar refractivity (Wildman–Crippen MR) is 69.1 cm³/mol. The van der Waals surface area contributed by atoms with E-state index in [0.717, 1.165) is 10.8 Å². The fourth-order valence-corrected chi connectivity index (χ4v) is 2.28. The maximum absolute atomic E-state index is 11.7. The van der Waals surface area contributed by atoms with Crippen LogP contribution in [0.15, 0.2) is 35.3 Å². The molecule has 2 aromatic rings. The first-order chi connectivity index (χ1) is 8.25. The molecule has 0 saturated heterocycles. The molecule has 1 heterocycles. The van der Waals surface area contributed by atoms with Crippen LogP contribution in [0.25, 0.3) is 10.8 Å². The molecule has 1 fully saturated rings. The van der Waals surface area contributed by atoms with Crippen LogP contribution in [-0.4, -0.2) is 11.0 Å². The van der Waals surface area contributed by atoms with Crippen molar-refractivity contribution in [1.82, 2.24) is 10.3 Å². The lowest BCUT2D eigenvalue weighted by atomic mass is 10.0. The molecule has 3 rings (SSSR count). The molecule has 1 saturated carbocycles. The van der Waals surface area contributed by atoms with E-state index in [1.807, 2.05) is 30.5 Å². The highest BCUT2D eigenvalue weighted by Gasteiger charge is 2.24. The van der Waals surface area contributed by atoms with Gasteiger partial charge in [0, 0.05) is 23.7 Å². The number of aromatic amines is 1. The van der Waals surface area contributed by atoms with E-state index in [4.69, 9.17) is 0 Å². The van der Waals surface area contributed by atoms with Crippen molar-refractivity contribution < 1.29 is 0 Å². The van der Waals surface area contributed by atoms with Crippen molar-refractivity contribution in [2.24, 2.45) is 0 Å². The molecule has 0 spiro atoms. The Kier molecular flexibility index (Phi) is 2.48. The summed E-state index contributed by atoms with van der Waals surface area (Å²) in [6.45, 7) is 2.15. The molecule has 0 radical (unpaired) electrons. The van der Waals surface area contributed by atoms with Gasteiger partial charge in [0.25, 0.3) is 5.56 Å². The summed E-state index contributed by atoms with van der Waals surface area (Å²) in [4.78, 5) is 14.5. The van der Waals surface area contributed by atoms with Gasteiger partial charge in [-0.3, -0.25) is 4.79 Å². The molecule has 0 bridgehead atoms. The van der Waals surface area contributed by atoms with Crippen LogP contribution >= 0.6 is 0 Å². The van der Waals surface area contributed by atoms with E-state index in [-0.39, 0.29) is 11.6 Å². The van der Waals surface area contributed by atoms with Crippen molar-refractivity contribution in [1.29, 1.82) is 0 Å². The van der Waals surface area contributed by atoms with Gasteiger partial charge in [0.1, 0.15) is 0 Å². The van der Waals surface area contributed by atoms with Gasteiger partial charge in [0.2, 0.25) is 0 Å². The van der Waals surface area contributed by atoms with Crippen molar-refractivity contribution in [3.05, 3.63) is 46.4 Å². The molecule has 1 unspecified atom stereocenters. The molecule has 0 aliphatic heterocycles. The number of fused-ring (bicyclic) bond motifs is 1. The van der Waals surface area contributed by atoms with Crippen LogP contribution in [-0.2, 0) is 0 Å². The van der Waals surface area contributed by atoms with Gasteiger partial charge < -0.3 is 10.3 Å². The first-order valence-corrected chi connectivity index (χ1v) is 6.12. The molecule has 0 amide bonds. The van der Waals surface area contributed by atoms with E-state index >= 15 is 0 Å². The minimum absolute atomic E-state index is 0.0111. The van der Waals surface area contributed by atoms with Gasteiger partial charge >= 0.3 is 0 Å². The fraction of sp³-hybridized carbons (Fsp3) is 0.357. The Morgan fingerprint density at radius 1 is 1.29 bits per heavy atom. The minimum Gasteiger partial charge on any atom is -0.328 e. The monoisotopic (exact) mass is 228 g/mol. The molecular formula is C14H16N2O. The summed E-state index contributed by atoms with van der Waals surface area (Å²) in [7, 11) is 0. The van der Waals surface area contributed by atoms with Crippen LogP contribution in [0.1, 0.15) is 31.4 Å². The Morgan fingerprint density at radius 2 is 2.00 bits per heavy atom. The van der Waals surface area contributed by atoms with Gasteiger partial charge in [0.05, 0.1) is 0 Å². The fourth-order valence-electron chi connectivity index (χ4n) is 2.28. The average Bonchev–Trinajstić information content (AvgIpc) is 3.14. The van der Waals surface area contributed by atoms with Gasteiger partial charge in [-0.15, -0.1) is 0 Å². The lowest BCUT2D eigenvalue weighted by Crippen LogP contribution is -2.22. The standard InChI is InChI=1S/C14H16N2O/c1-9(16-10-6-7-10)13-8-15-14(17)12-5-3-2-4-11(12)13/h2-5,8-10,16H,6-7H2,1H3,(H,15,17). The van der Waals surface area contributed by atoms with Gasteiger partial charge in [-0.05, 0) is 36.8 Å². The van der Waals surface area contributed by atoms with E-state index in [9.17, 15) is 4.79 Å². The molecule has 1 aliphatic carbocycles. The molecule has 1 aromatic carbocycles. The van der Waals surface area contributed by atoms with Crippen molar-refractivity contribution >= 4 is 10.8 Å². The van der Waals surface area contributed by atoms with Crippen LogP contribution in [0.2, 0.25) is 0 Å². The number of hydrogen-bond acceptors (Lipinski definition) is 2.